The zero-order chi connectivity index (χ0) is 20.2. The average Bonchev–Trinajstić information content (AvgIpc) is 2.53. The van der Waals surface area contributed by atoms with Crippen LogP contribution in [0, 0.1) is 25.5 Å². The minimum absolute atomic E-state index is 0.0375. The topological polar surface area (TPSA) is 66.5 Å². The minimum atomic E-state index is -3.51. The van der Waals surface area contributed by atoms with Gasteiger partial charge in [0.1, 0.15) is 0 Å². The Morgan fingerprint density at radius 1 is 1.04 bits per heavy atom. The quantitative estimate of drug-likeness (QED) is 0.775. The fraction of sp³-hybridized carbons (Fsp3) is 0.316. The predicted molar refractivity (Wildman–Crippen MR) is 102 cm³/mol. The van der Waals surface area contributed by atoms with E-state index in [0.29, 0.717) is 5.69 Å². The minimum Gasteiger partial charge on any atom is -0.326 e. The van der Waals surface area contributed by atoms with Gasteiger partial charge in [0.2, 0.25) is 15.9 Å². The first-order chi connectivity index (χ1) is 12.6. The highest BCUT2D eigenvalue weighted by Gasteiger charge is 2.18. The number of nitrogens with one attached hydrogen (secondary N) is 1. The fourth-order valence-electron chi connectivity index (χ4n) is 2.76. The second-order valence-electron chi connectivity index (χ2n) is 6.46. The number of amides is 1. The van der Waals surface area contributed by atoms with Crippen LogP contribution in [0.25, 0.3) is 0 Å². The number of sulfonamides is 1. The summed E-state index contributed by atoms with van der Waals surface area (Å²) in [5.41, 5.74) is 2.58. The van der Waals surface area contributed by atoms with Gasteiger partial charge in [0.25, 0.3) is 0 Å². The maximum atomic E-state index is 13.2. The van der Waals surface area contributed by atoms with Crippen molar-refractivity contribution in [3.8, 4) is 0 Å². The third-order valence-electron chi connectivity index (χ3n) is 3.86. The molecule has 0 saturated carbocycles. The number of halogens is 2. The molecular weight excluding hydrogens is 374 g/mol. The molecular formula is C19H22F2N2O3S. The lowest BCUT2D eigenvalue weighted by molar-refractivity contribution is -0.116. The second-order valence-corrected chi connectivity index (χ2v) is 8.37. The van der Waals surface area contributed by atoms with Gasteiger partial charge >= 0.3 is 0 Å². The molecule has 2 aromatic carbocycles. The normalized spacial score (nSPS) is 11.3. The summed E-state index contributed by atoms with van der Waals surface area (Å²) in [4.78, 5) is 12.0. The Morgan fingerprint density at radius 3 is 2.22 bits per heavy atom. The van der Waals surface area contributed by atoms with Gasteiger partial charge in [-0.1, -0.05) is 6.07 Å². The summed E-state index contributed by atoms with van der Waals surface area (Å²) >= 11 is 0. The van der Waals surface area contributed by atoms with Crippen molar-refractivity contribution in [3.05, 3.63) is 59.2 Å². The lowest BCUT2D eigenvalue weighted by atomic mass is 10.1. The molecule has 0 aliphatic heterocycles. The van der Waals surface area contributed by atoms with Crippen molar-refractivity contribution in [2.24, 2.45) is 0 Å². The maximum absolute atomic E-state index is 13.2. The van der Waals surface area contributed by atoms with E-state index >= 15 is 0 Å². The van der Waals surface area contributed by atoms with Gasteiger partial charge in [-0.05, 0) is 55.7 Å². The highest BCUT2D eigenvalue weighted by Crippen LogP contribution is 2.22. The van der Waals surface area contributed by atoms with E-state index in [1.54, 1.807) is 12.1 Å². The van der Waals surface area contributed by atoms with Gasteiger partial charge < -0.3 is 5.32 Å². The summed E-state index contributed by atoms with van der Waals surface area (Å²) in [6.07, 6.45) is 1.43. The van der Waals surface area contributed by atoms with E-state index in [2.05, 4.69) is 5.32 Å². The summed E-state index contributed by atoms with van der Waals surface area (Å²) in [6.45, 7) is 3.89. The van der Waals surface area contributed by atoms with Gasteiger partial charge in [-0.2, -0.15) is 0 Å². The van der Waals surface area contributed by atoms with Crippen LogP contribution in [0.4, 0.5) is 20.2 Å². The molecule has 0 fully saturated rings. The zero-order valence-corrected chi connectivity index (χ0v) is 16.2. The van der Waals surface area contributed by atoms with Crippen molar-refractivity contribution in [2.45, 2.75) is 26.7 Å². The smallest absolute Gasteiger partial charge is 0.232 e. The molecule has 0 atom stereocenters. The monoisotopic (exact) mass is 396 g/mol. The second kappa shape index (κ2) is 8.47. The Kier molecular flexibility index (Phi) is 6.54. The van der Waals surface area contributed by atoms with Gasteiger partial charge in [-0.25, -0.2) is 17.2 Å². The molecule has 0 aromatic heterocycles. The van der Waals surface area contributed by atoms with Crippen molar-refractivity contribution in [1.29, 1.82) is 0 Å². The van der Waals surface area contributed by atoms with Crippen molar-refractivity contribution in [2.75, 3.05) is 22.4 Å². The van der Waals surface area contributed by atoms with Crippen molar-refractivity contribution >= 4 is 27.3 Å². The molecule has 0 heterocycles. The number of benzene rings is 2. The van der Waals surface area contributed by atoms with E-state index in [9.17, 15) is 22.0 Å². The van der Waals surface area contributed by atoms with E-state index in [4.69, 9.17) is 0 Å². The molecule has 0 spiro atoms. The van der Waals surface area contributed by atoms with E-state index in [0.717, 1.165) is 29.5 Å². The molecule has 0 saturated heterocycles. The van der Waals surface area contributed by atoms with Crippen LogP contribution in [-0.2, 0) is 14.8 Å². The number of anilines is 2. The maximum Gasteiger partial charge on any atom is 0.232 e. The van der Waals surface area contributed by atoms with Crippen molar-refractivity contribution in [1.82, 2.24) is 0 Å². The van der Waals surface area contributed by atoms with Crippen LogP contribution in [0.3, 0.4) is 0 Å². The molecule has 0 aliphatic rings. The molecule has 2 aromatic rings. The highest BCUT2D eigenvalue weighted by molar-refractivity contribution is 7.92. The molecule has 1 N–H and O–H groups in total. The molecule has 0 aliphatic carbocycles. The summed E-state index contributed by atoms with van der Waals surface area (Å²) in [6, 6.07) is 8.57. The summed E-state index contributed by atoms with van der Waals surface area (Å²) < 4.78 is 51.6. The SMILES string of the molecule is Cc1cc(C)cc(N(CCCC(=O)Nc2ccc(F)c(F)c2)S(C)(=O)=O)c1. The lowest BCUT2D eigenvalue weighted by Crippen LogP contribution is -2.31. The summed E-state index contributed by atoms with van der Waals surface area (Å²) in [7, 11) is -3.51. The third-order valence-corrected chi connectivity index (χ3v) is 5.06. The molecule has 0 radical (unpaired) electrons. The zero-order valence-electron chi connectivity index (χ0n) is 15.4. The molecule has 27 heavy (non-hydrogen) atoms. The average molecular weight is 396 g/mol. The van der Waals surface area contributed by atoms with Crippen LogP contribution in [0.5, 0.6) is 0 Å². The van der Waals surface area contributed by atoms with Crippen molar-refractivity contribution < 1.29 is 22.0 Å². The van der Waals surface area contributed by atoms with Gasteiger partial charge in [0, 0.05) is 24.7 Å². The van der Waals surface area contributed by atoms with Gasteiger partial charge in [-0.15, -0.1) is 0 Å². The van der Waals surface area contributed by atoms with Crippen LogP contribution in [0.2, 0.25) is 0 Å². The fourth-order valence-corrected chi connectivity index (χ4v) is 3.71. The largest absolute Gasteiger partial charge is 0.326 e. The molecule has 5 nitrogen and oxygen atoms in total. The van der Waals surface area contributed by atoms with Gasteiger partial charge in [0.15, 0.2) is 11.6 Å². The van der Waals surface area contributed by atoms with Gasteiger partial charge in [-0.3, -0.25) is 9.10 Å². The Bertz CT molecular complexity index is 926. The van der Waals surface area contributed by atoms with Crippen LogP contribution < -0.4 is 9.62 Å². The number of carbonyl (C=O) groups is 1. The van der Waals surface area contributed by atoms with E-state index in [-0.39, 0.29) is 25.1 Å². The molecule has 8 heteroatoms. The number of hydrogen-bond acceptors (Lipinski definition) is 3. The number of hydrogen-bond donors (Lipinski definition) is 1. The molecule has 146 valence electrons. The van der Waals surface area contributed by atoms with Crippen molar-refractivity contribution in [3.63, 3.8) is 0 Å². The summed E-state index contributed by atoms with van der Waals surface area (Å²) in [5, 5.41) is 2.47. The number of nitrogens with zero attached hydrogens (tertiary/aromatic N) is 1. The molecule has 0 bridgehead atoms. The Hall–Kier alpha value is -2.48. The van der Waals surface area contributed by atoms with Gasteiger partial charge in [0.05, 0.1) is 11.9 Å². The first kappa shape index (κ1) is 20.8. The van der Waals surface area contributed by atoms with E-state index < -0.39 is 27.6 Å². The first-order valence-electron chi connectivity index (χ1n) is 8.37. The molecule has 2 rings (SSSR count). The van der Waals surface area contributed by atoms with Crippen LogP contribution in [-0.4, -0.2) is 27.1 Å². The third kappa shape index (κ3) is 6.02. The lowest BCUT2D eigenvalue weighted by Gasteiger charge is -2.23. The van der Waals surface area contributed by atoms with E-state index in [1.807, 2.05) is 19.9 Å². The number of carbonyl (C=O) groups excluding carboxylic acids is 1. The number of aryl methyl sites for hydroxylation is 2. The van der Waals surface area contributed by atoms with E-state index in [1.165, 1.54) is 10.4 Å². The van der Waals surface area contributed by atoms with Crippen LogP contribution in [0.15, 0.2) is 36.4 Å². The standard InChI is InChI=1S/C19H22F2N2O3S/c1-13-9-14(2)11-16(10-13)23(27(3,25)26)8-4-5-19(24)22-15-6-7-17(20)18(21)12-15/h6-7,9-12H,4-5,8H2,1-3H3,(H,22,24). The number of rotatable bonds is 7. The molecule has 1 amide bonds. The Labute approximate surface area is 158 Å². The predicted octanol–water partition coefficient (Wildman–Crippen LogP) is 3.77. The highest BCUT2D eigenvalue weighted by atomic mass is 32.2. The van der Waals surface area contributed by atoms with Crippen LogP contribution in [0.1, 0.15) is 24.0 Å². The first-order valence-corrected chi connectivity index (χ1v) is 10.2. The molecule has 0 unspecified atom stereocenters. The van der Waals surface area contributed by atoms with Crippen LogP contribution >= 0.6 is 0 Å². The Balaban J connectivity index is 2.01. The summed E-state index contributed by atoms with van der Waals surface area (Å²) in [5.74, 6) is -2.45. The Morgan fingerprint density at radius 2 is 1.67 bits per heavy atom.